The Morgan fingerprint density at radius 1 is 1.14 bits per heavy atom. The summed E-state index contributed by atoms with van der Waals surface area (Å²) in [6, 6.07) is 17.0. The number of ketones is 1. The lowest BCUT2D eigenvalue weighted by atomic mass is 10.0. The lowest BCUT2D eigenvalue weighted by Gasteiger charge is -2.16. The summed E-state index contributed by atoms with van der Waals surface area (Å²) < 4.78 is 11.2. The minimum Gasteiger partial charge on any atom is -0.488 e. The molecule has 142 valence electrons. The minimum absolute atomic E-state index is 0.203. The molecular weight excluding hydrogens is 372 g/mol. The number of hydrogen-bond acceptors (Lipinski definition) is 5. The van der Waals surface area contributed by atoms with E-state index in [1.54, 1.807) is 25.1 Å². The van der Waals surface area contributed by atoms with Gasteiger partial charge in [0.05, 0.1) is 0 Å². The Labute approximate surface area is 167 Å². The number of para-hydroxylation sites is 1. The van der Waals surface area contributed by atoms with Gasteiger partial charge in [-0.05, 0) is 37.1 Å². The van der Waals surface area contributed by atoms with E-state index < -0.39 is 12.1 Å². The van der Waals surface area contributed by atoms with E-state index in [0.29, 0.717) is 17.0 Å². The highest BCUT2D eigenvalue weighted by Crippen LogP contribution is 2.42. The van der Waals surface area contributed by atoms with Crippen molar-refractivity contribution in [2.75, 3.05) is 0 Å². The van der Waals surface area contributed by atoms with Crippen molar-refractivity contribution in [1.82, 2.24) is 0 Å². The molecule has 0 fully saturated rings. The topological polar surface area (TPSA) is 52.6 Å². The van der Waals surface area contributed by atoms with Crippen LogP contribution < -0.4 is 4.74 Å². The van der Waals surface area contributed by atoms with Crippen LogP contribution in [-0.2, 0) is 17.8 Å². The van der Waals surface area contributed by atoms with Gasteiger partial charge in [0.15, 0.2) is 6.10 Å². The number of carbonyl (C=O) groups excluding carboxylic acids is 2. The summed E-state index contributed by atoms with van der Waals surface area (Å²) in [5, 5.41) is 0. The standard InChI is InChI=1S/C23H20O4S/c1-3-15-8-10-16(11-9-15)21(24)14(2)27-23(25)20-12-17-13-26-19-7-5-4-6-18(19)22(17)28-20/h4-12,14H,3,13H2,1-2H3/t14-/m1/s1. The van der Waals surface area contributed by atoms with E-state index in [2.05, 4.69) is 6.92 Å². The summed E-state index contributed by atoms with van der Waals surface area (Å²) in [6.07, 6.45) is 0.0668. The molecule has 0 spiro atoms. The Kier molecular flexibility index (Phi) is 5.01. The number of benzene rings is 2. The van der Waals surface area contributed by atoms with Crippen LogP contribution in [0.1, 0.15) is 45.0 Å². The largest absolute Gasteiger partial charge is 0.488 e. The number of fused-ring (bicyclic) bond motifs is 3. The van der Waals surface area contributed by atoms with Crippen LogP contribution in [0.4, 0.5) is 0 Å². The van der Waals surface area contributed by atoms with E-state index in [1.807, 2.05) is 36.4 Å². The van der Waals surface area contributed by atoms with Gasteiger partial charge in [0, 0.05) is 21.6 Å². The molecule has 0 aliphatic carbocycles. The summed E-state index contributed by atoms with van der Waals surface area (Å²) in [4.78, 5) is 26.7. The van der Waals surface area contributed by atoms with Gasteiger partial charge in [-0.25, -0.2) is 4.79 Å². The number of Topliss-reactive ketones (excluding diaryl/α,β-unsaturated/α-hetero) is 1. The van der Waals surface area contributed by atoms with Crippen molar-refractivity contribution >= 4 is 23.1 Å². The molecule has 4 rings (SSSR count). The maximum absolute atomic E-state index is 12.6. The second-order valence-electron chi connectivity index (χ2n) is 6.71. The van der Waals surface area contributed by atoms with Gasteiger partial charge in [0.25, 0.3) is 0 Å². The molecule has 1 aliphatic heterocycles. The fourth-order valence-electron chi connectivity index (χ4n) is 3.21. The summed E-state index contributed by atoms with van der Waals surface area (Å²) in [6.45, 7) is 4.10. The van der Waals surface area contributed by atoms with E-state index in [9.17, 15) is 9.59 Å². The first-order valence-corrected chi connectivity index (χ1v) is 10.1. The van der Waals surface area contributed by atoms with Gasteiger partial charge in [0.1, 0.15) is 17.2 Å². The first-order valence-electron chi connectivity index (χ1n) is 9.26. The second kappa shape index (κ2) is 7.60. The Morgan fingerprint density at radius 3 is 2.64 bits per heavy atom. The number of carbonyl (C=O) groups is 2. The van der Waals surface area contributed by atoms with E-state index in [4.69, 9.17) is 9.47 Å². The van der Waals surface area contributed by atoms with Gasteiger partial charge >= 0.3 is 5.97 Å². The molecular formula is C23H20O4S. The molecule has 1 atom stereocenters. The van der Waals surface area contributed by atoms with Gasteiger partial charge < -0.3 is 9.47 Å². The summed E-state index contributed by atoms with van der Waals surface area (Å²) in [5.41, 5.74) is 3.65. The molecule has 0 bridgehead atoms. The predicted molar refractivity (Wildman–Crippen MR) is 109 cm³/mol. The third-order valence-electron chi connectivity index (χ3n) is 4.82. The average Bonchev–Trinajstić information content (AvgIpc) is 3.18. The highest BCUT2D eigenvalue weighted by Gasteiger charge is 2.25. The maximum atomic E-state index is 12.6. The first-order chi connectivity index (χ1) is 13.6. The van der Waals surface area contributed by atoms with Gasteiger partial charge in [0.2, 0.25) is 5.78 Å². The van der Waals surface area contributed by atoms with Crippen molar-refractivity contribution in [1.29, 1.82) is 0 Å². The highest BCUT2D eigenvalue weighted by molar-refractivity contribution is 7.17. The molecule has 2 aromatic carbocycles. The summed E-state index contributed by atoms with van der Waals surface area (Å²) in [5.74, 6) is 0.129. The Hall–Kier alpha value is -2.92. The Balaban J connectivity index is 1.50. The molecule has 0 N–H and O–H groups in total. The van der Waals surface area contributed by atoms with Crippen LogP contribution in [0.2, 0.25) is 0 Å². The minimum atomic E-state index is -0.845. The normalized spacial score (nSPS) is 13.1. The SMILES string of the molecule is CCc1ccc(C(=O)[C@@H](C)OC(=O)c2cc3c(s2)-c2ccccc2OC3)cc1. The molecule has 3 aromatic rings. The van der Waals surface area contributed by atoms with Crippen molar-refractivity contribution in [2.45, 2.75) is 33.0 Å². The second-order valence-corrected chi connectivity index (χ2v) is 7.76. The smallest absolute Gasteiger partial charge is 0.349 e. The molecule has 5 heteroatoms. The van der Waals surface area contributed by atoms with Gasteiger partial charge in [-0.1, -0.05) is 43.3 Å². The van der Waals surface area contributed by atoms with Crippen LogP contribution in [0.15, 0.2) is 54.6 Å². The predicted octanol–water partition coefficient (Wildman–Crippen LogP) is 5.30. The van der Waals surface area contributed by atoms with Crippen LogP contribution in [0.25, 0.3) is 10.4 Å². The number of thiophene rings is 1. The average molecular weight is 392 g/mol. The van der Waals surface area contributed by atoms with Crippen LogP contribution in [-0.4, -0.2) is 17.9 Å². The van der Waals surface area contributed by atoms with Crippen LogP contribution in [0, 0.1) is 0 Å². The Bertz CT molecular complexity index is 1030. The molecule has 1 aromatic heterocycles. The summed E-state index contributed by atoms with van der Waals surface area (Å²) in [7, 11) is 0. The zero-order valence-electron chi connectivity index (χ0n) is 15.7. The molecule has 0 amide bonds. The number of aryl methyl sites for hydroxylation is 1. The quantitative estimate of drug-likeness (QED) is 0.437. The molecule has 2 heterocycles. The first kappa shape index (κ1) is 18.4. The fourth-order valence-corrected chi connectivity index (χ4v) is 4.29. The van der Waals surface area contributed by atoms with Gasteiger partial charge in [-0.15, -0.1) is 11.3 Å². The third-order valence-corrected chi connectivity index (χ3v) is 6.02. The molecule has 28 heavy (non-hydrogen) atoms. The monoisotopic (exact) mass is 392 g/mol. The zero-order chi connectivity index (χ0) is 19.7. The Morgan fingerprint density at radius 2 is 1.89 bits per heavy atom. The zero-order valence-corrected chi connectivity index (χ0v) is 16.5. The lowest BCUT2D eigenvalue weighted by Crippen LogP contribution is -2.24. The number of esters is 1. The van der Waals surface area contributed by atoms with Crippen molar-refractivity contribution in [3.05, 3.63) is 76.2 Å². The lowest BCUT2D eigenvalue weighted by molar-refractivity contribution is 0.0323. The molecule has 0 saturated carbocycles. The van der Waals surface area contributed by atoms with Crippen LogP contribution in [0.5, 0.6) is 5.75 Å². The van der Waals surface area contributed by atoms with E-state index in [-0.39, 0.29) is 5.78 Å². The third kappa shape index (κ3) is 3.45. The number of hydrogen-bond donors (Lipinski definition) is 0. The van der Waals surface area contributed by atoms with Gasteiger partial charge in [-0.3, -0.25) is 4.79 Å². The van der Waals surface area contributed by atoms with Crippen molar-refractivity contribution in [2.24, 2.45) is 0 Å². The van der Waals surface area contributed by atoms with Crippen molar-refractivity contribution in [3.63, 3.8) is 0 Å². The summed E-state index contributed by atoms with van der Waals surface area (Å²) >= 11 is 1.37. The van der Waals surface area contributed by atoms with Crippen molar-refractivity contribution in [3.8, 4) is 16.2 Å². The van der Waals surface area contributed by atoms with E-state index in [0.717, 1.165) is 33.7 Å². The van der Waals surface area contributed by atoms with E-state index >= 15 is 0 Å². The van der Waals surface area contributed by atoms with Crippen LogP contribution >= 0.6 is 11.3 Å². The molecule has 0 radical (unpaired) electrons. The number of ether oxygens (including phenoxy) is 2. The molecule has 1 aliphatic rings. The molecule has 0 unspecified atom stereocenters. The highest BCUT2D eigenvalue weighted by atomic mass is 32.1. The molecule has 4 nitrogen and oxygen atoms in total. The maximum Gasteiger partial charge on any atom is 0.349 e. The van der Waals surface area contributed by atoms with E-state index in [1.165, 1.54) is 11.3 Å². The van der Waals surface area contributed by atoms with Crippen molar-refractivity contribution < 1.29 is 19.1 Å². The van der Waals surface area contributed by atoms with Crippen LogP contribution in [0.3, 0.4) is 0 Å². The molecule has 0 saturated heterocycles. The van der Waals surface area contributed by atoms with Gasteiger partial charge in [-0.2, -0.15) is 0 Å². The fraction of sp³-hybridized carbons (Fsp3) is 0.217. The number of rotatable bonds is 5.